The van der Waals surface area contributed by atoms with E-state index in [2.05, 4.69) is 42.5 Å². The molecule has 15 heavy (non-hydrogen) atoms. The minimum atomic E-state index is 0.931. The van der Waals surface area contributed by atoms with Crippen molar-refractivity contribution in [2.45, 2.75) is 12.8 Å². The summed E-state index contributed by atoms with van der Waals surface area (Å²) in [5.74, 6) is 5.35. The van der Waals surface area contributed by atoms with Crippen LogP contribution in [0.5, 0.6) is 0 Å². The van der Waals surface area contributed by atoms with Gasteiger partial charge < -0.3 is 0 Å². The first-order valence-electron chi connectivity index (χ1n) is 6.17. The van der Waals surface area contributed by atoms with E-state index in [0.717, 1.165) is 29.6 Å². The summed E-state index contributed by atoms with van der Waals surface area (Å²) in [6.07, 6.45) is 7.91. The van der Waals surface area contributed by atoms with Gasteiger partial charge in [0.05, 0.1) is 0 Å². The molecule has 4 aliphatic carbocycles. The van der Waals surface area contributed by atoms with Crippen molar-refractivity contribution in [1.29, 1.82) is 0 Å². The summed E-state index contributed by atoms with van der Waals surface area (Å²) in [6.45, 7) is 0. The van der Waals surface area contributed by atoms with Gasteiger partial charge in [0.15, 0.2) is 0 Å². The fourth-order valence-electron chi connectivity index (χ4n) is 4.21. The zero-order valence-corrected chi connectivity index (χ0v) is 8.84. The molecule has 4 saturated carbocycles. The molecular formula is C15H16. The molecule has 0 N–H and O–H groups in total. The Balaban J connectivity index is 1.55. The summed E-state index contributed by atoms with van der Waals surface area (Å²) in [6, 6.07) is 10.7. The normalized spacial score (nSPS) is 45.2. The lowest BCUT2D eigenvalue weighted by Crippen LogP contribution is -2.00. The predicted molar refractivity (Wildman–Crippen MR) is 62.2 cm³/mol. The van der Waals surface area contributed by atoms with Crippen molar-refractivity contribution >= 4 is 6.08 Å². The molecule has 1 aromatic carbocycles. The maximum Gasteiger partial charge on any atom is -0.0168 e. The van der Waals surface area contributed by atoms with Crippen molar-refractivity contribution in [3.63, 3.8) is 0 Å². The first kappa shape index (κ1) is 8.15. The van der Waals surface area contributed by atoms with E-state index < -0.39 is 0 Å². The van der Waals surface area contributed by atoms with E-state index in [1.807, 2.05) is 0 Å². The standard InChI is InChI=1S/C15H16/c1-2-4-10(5-3-1)6-7-12-11-8-13-14(9-11)15(12)13/h1-7,11-15H,8-9H2/b7-6+/t11?,12-,13-,14+,15?/m1/s1. The van der Waals surface area contributed by atoms with E-state index in [0.29, 0.717) is 0 Å². The van der Waals surface area contributed by atoms with Crippen molar-refractivity contribution in [3.8, 4) is 0 Å². The van der Waals surface area contributed by atoms with Crippen LogP contribution in [0, 0.1) is 29.6 Å². The summed E-state index contributed by atoms with van der Waals surface area (Å²) in [7, 11) is 0. The Hall–Kier alpha value is -1.04. The lowest BCUT2D eigenvalue weighted by molar-refractivity contribution is 0.500. The molecule has 1 aromatic rings. The Morgan fingerprint density at radius 3 is 2.33 bits per heavy atom. The van der Waals surface area contributed by atoms with Crippen molar-refractivity contribution in [3.05, 3.63) is 42.0 Å². The third-order valence-electron chi connectivity index (χ3n) is 4.85. The second-order valence-corrected chi connectivity index (χ2v) is 5.48. The van der Waals surface area contributed by atoms with E-state index in [4.69, 9.17) is 0 Å². The summed E-state index contributed by atoms with van der Waals surface area (Å²) >= 11 is 0. The highest BCUT2D eigenvalue weighted by Crippen LogP contribution is 2.73. The van der Waals surface area contributed by atoms with Gasteiger partial charge in [0.1, 0.15) is 0 Å². The molecule has 0 nitrogen and oxygen atoms in total. The lowest BCUT2D eigenvalue weighted by Gasteiger charge is -2.08. The van der Waals surface area contributed by atoms with Gasteiger partial charge in [-0.2, -0.15) is 0 Å². The van der Waals surface area contributed by atoms with Crippen LogP contribution in [0.1, 0.15) is 18.4 Å². The predicted octanol–water partition coefficient (Wildman–Crippen LogP) is 3.60. The summed E-state index contributed by atoms with van der Waals surface area (Å²) in [5.41, 5.74) is 1.36. The first-order chi connectivity index (χ1) is 7.43. The van der Waals surface area contributed by atoms with Gasteiger partial charge >= 0.3 is 0 Å². The molecule has 4 bridgehead atoms. The maximum atomic E-state index is 2.50. The molecule has 0 aromatic heterocycles. The van der Waals surface area contributed by atoms with Crippen LogP contribution < -0.4 is 0 Å². The summed E-state index contributed by atoms with van der Waals surface area (Å²) < 4.78 is 0. The lowest BCUT2D eigenvalue weighted by atomic mass is 9.97. The smallest absolute Gasteiger partial charge is 0.0168 e. The van der Waals surface area contributed by atoms with Gasteiger partial charge in [-0.15, -0.1) is 0 Å². The van der Waals surface area contributed by atoms with Crippen molar-refractivity contribution in [2.24, 2.45) is 29.6 Å². The van der Waals surface area contributed by atoms with Crippen LogP contribution in [0.3, 0.4) is 0 Å². The van der Waals surface area contributed by atoms with Crippen molar-refractivity contribution < 1.29 is 0 Å². The van der Waals surface area contributed by atoms with E-state index in [1.54, 1.807) is 12.8 Å². The van der Waals surface area contributed by atoms with E-state index in [-0.39, 0.29) is 0 Å². The van der Waals surface area contributed by atoms with Crippen molar-refractivity contribution in [2.75, 3.05) is 0 Å². The van der Waals surface area contributed by atoms with Crippen LogP contribution in [0.2, 0.25) is 0 Å². The number of hydrogen-bond acceptors (Lipinski definition) is 0. The molecular weight excluding hydrogens is 180 g/mol. The van der Waals surface area contributed by atoms with Gasteiger partial charge in [0.2, 0.25) is 0 Å². The number of benzene rings is 1. The molecule has 76 valence electrons. The molecule has 5 atom stereocenters. The molecule has 0 amide bonds. The molecule has 4 fully saturated rings. The zero-order chi connectivity index (χ0) is 9.83. The van der Waals surface area contributed by atoms with Crippen LogP contribution >= 0.6 is 0 Å². The number of rotatable bonds is 2. The highest BCUT2D eigenvalue weighted by molar-refractivity contribution is 5.49. The fraction of sp³-hybridized carbons (Fsp3) is 0.467. The molecule has 4 aliphatic rings. The van der Waals surface area contributed by atoms with Gasteiger partial charge in [-0.3, -0.25) is 0 Å². The van der Waals surface area contributed by atoms with Crippen LogP contribution in [0.4, 0.5) is 0 Å². The van der Waals surface area contributed by atoms with Crippen LogP contribution in [-0.2, 0) is 0 Å². The fourth-order valence-corrected chi connectivity index (χ4v) is 4.21. The molecule has 0 saturated heterocycles. The second kappa shape index (κ2) is 2.75. The molecule has 0 spiro atoms. The van der Waals surface area contributed by atoms with Crippen molar-refractivity contribution in [1.82, 2.24) is 0 Å². The van der Waals surface area contributed by atoms with Crippen LogP contribution in [-0.4, -0.2) is 0 Å². The number of allylic oxidation sites excluding steroid dienone is 1. The average Bonchev–Trinajstić information content (AvgIpc) is 2.71. The Bertz CT molecular complexity index is 389. The Labute approximate surface area is 91.0 Å². The van der Waals surface area contributed by atoms with E-state index >= 15 is 0 Å². The third kappa shape index (κ3) is 1.08. The maximum absolute atomic E-state index is 2.50. The third-order valence-corrected chi connectivity index (χ3v) is 4.85. The second-order valence-electron chi connectivity index (χ2n) is 5.48. The van der Waals surface area contributed by atoms with Gasteiger partial charge in [-0.05, 0) is 48.0 Å². The van der Waals surface area contributed by atoms with Gasteiger partial charge in [0, 0.05) is 0 Å². The first-order valence-corrected chi connectivity index (χ1v) is 6.17. The molecule has 0 aliphatic heterocycles. The molecule has 0 heterocycles. The summed E-state index contributed by atoms with van der Waals surface area (Å²) in [5, 5.41) is 0. The quantitative estimate of drug-likeness (QED) is 0.678. The SMILES string of the molecule is C(=C\[C@@H]1C2C[C@@H]3C1[C@@H]3C2)/c1ccccc1. The Kier molecular flexibility index (Phi) is 1.49. The molecule has 0 heteroatoms. The average molecular weight is 196 g/mol. The highest BCUT2D eigenvalue weighted by Gasteiger charge is 2.67. The topological polar surface area (TPSA) is 0 Å². The zero-order valence-electron chi connectivity index (χ0n) is 8.84. The van der Waals surface area contributed by atoms with Gasteiger partial charge in [0.25, 0.3) is 0 Å². The number of hydrogen-bond donors (Lipinski definition) is 0. The minimum absolute atomic E-state index is 0.931. The molecule has 0 radical (unpaired) electrons. The summed E-state index contributed by atoms with van der Waals surface area (Å²) in [4.78, 5) is 0. The molecule has 2 unspecified atom stereocenters. The van der Waals surface area contributed by atoms with Crippen LogP contribution in [0.15, 0.2) is 36.4 Å². The van der Waals surface area contributed by atoms with E-state index in [1.165, 1.54) is 5.56 Å². The van der Waals surface area contributed by atoms with Gasteiger partial charge in [-0.25, -0.2) is 0 Å². The van der Waals surface area contributed by atoms with Gasteiger partial charge in [-0.1, -0.05) is 42.5 Å². The minimum Gasteiger partial charge on any atom is -0.0802 e. The highest BCUT2D eigenvalue weighted by atomic mass is 14.7. The Morgan fingerprint density at radius 2 is 1.73 bits per heavy atom. The Morgan fingerprint density at radius 1 is 1.00 bits per heavy atom. The monoisotopic (exact) mass is 196 g/mol. The molecule has 5 rings (SSSR count). The largest absolute Gasteiger partial charge is 0.0802 e. The van der Waals surface area contributed by atoms with Crippen LogP contribution in [0.25, 0.3) is 6.08 Å². The van der Waals surface area contributed by atoms with E-state index in [9.17, 15) is 0 Å².